The van der Waals surface area contributed by atoms with E-state index in [1.807, 2.05) is 27.7 Å². The third kappa shape index (κ3) is 6.60. The normalized spacial score (nSPS) is 12.0. The summed E-state index contributed by atoms with van der Waals surface area (Å²) in [6.07, 6.45) is 0.457. The van der Waals surface area contributed by atoms with E-state index in [0.29, 0.717) is 0 Å². The first-order valence-corrected chi connectivity index (χ1v) is 4.59. The summed E-state index contributed by atoms with van der Waals surface area (Å²) < 4.78 is 10.6. The van der Waals surface area contributed by atoms with E-state index < -0.39 is 0 Å². The van der Waals surface area contributed by atoms with Gasteiger partial charge in [0, 0.05) is 0 Å². The summed E-state index contributed by atoms with van der Waals surface area (Å²) in [5.41, 5.74) is 0. The van der Waals surface area contributed by atoms with Crippen molar-refractivity contribution < 1.29 is 9.47 Å². The molecule has 0 atom stereocenters. The monoisotopic (exact) mass is 206 g/mol. The molecule has 0 heterocycles. The summed E-state index contributed by atoms with van der Waals surface area (Å²) in [5.74, 6) is 0. The first-order valence-electron chi connectivity index (χ1n) is 3.51. The topological polar surface area (TPSA) is 18.5 Å². The van der Waals surface area contributed by atoms with E-state index in [0.717, 1.165) is 0 Å². The Morgan fingerprint density at radius 2 is 1.20 bits per heavy atom. The Morgan fingerprint density at radius 3 is 1.40 bits per heavy atom. The van der Waals surface area contributed by atoms with Gasteiger partial charge in [-0.25, -0.2) is 0 Å². The number of rotatable bonds is 4. The molecular weight excluding hydrogens is 191 g/mol. The Kier molecular flexibility index (Phi) is 5.42. The fourth-order valence-corrected chi connectivity index (χ4v) is 1.52. The Labute approximate surface area is 71.8 Å². The SMILES string of the molecule is CC(C)OC([As])OC(C)C. The Hall–Kier alpha value is 0.478. The Morgan fingerprint density at radius 1 is 0.900 bits per heavy atom. The summed E-state index contributed by atoms with van der Waals surface area (Å²) in [6.45, 7) is 7.96. The van der Waals surface area contributed by atoms with Crippen LogP contribution in [0.3, 0.4) is 0 Å². The quantitative estimate of drug-likeness (QED) is 0.509. The molecule has 0 aromatic heterocycles. The van der Waals surface area contributed by atoms with Crippen LogP contribution in [0.25, 0.3) is 0 Å². The van der Waals surface area contributed by atoms with E-state index in [-0.39, 0.29) is 17.3 Å². The van der Waals surface area contributed by atoms with Crippen LogP contribution in [0.15, 0.2) is 0 Å². The average molecular weight is 206 g/mol. The molecule has 0 rings (SSSR count). The van der Waals surface area contributed by atoms with E-state index in [9.17, 15) is 0 Å². The molecule has 0 aromatic rings. The number of hydrogen-bond acceptors (Lipinski definition) is 2. The molecule has 60 valence electrons. The molecule has 3 heteroatoms. The van der Waals surface area contributed by atoms with Gasteiger partial charge < -0.3 is 0 Å². The third-order valence-corrected chi connectivity index (χ3v) is 1.29. The van der Waals surface area contributed by atoms with Crippen molar-refractivity contribution in [3.8, 4) is 0 Å². The van der Waals surface area contributed by atoms with E-state index in [1.54, 1.807) is 0 Å². The molecule has 0 unspecified atom stereocenters. The zero-order valence-corrected chi connectivity index (χ0v) is 8.87. The summed E-state index contributed by atoms with van der Waals surface area (Å²) in [6, 6.07) is 0. The second-order valence-electron chi connectivity index (χ2n) is 2.68. The van der Waals surface area contributed by atoms with Crippen molar-refractivity contribution in [1.29, 1.82) is 0 Å². The van der Waals surface area contributed by atoms with E-state index in [2.05, 4.69) is 16.9 Å². The molecule has 2 nitrogen and oxygen atoms in total. The fraction of sp³-hybridized carbons (Fsp3) is 1.00. The second kappa shape index (κ2) is 5.17. The predicted octanol–water partition coefficient (Wildman–Crippen LogP) is 1.29. The molecule has 0 aliphatic rings. The molecule has 0 aliphatic heterocycles. The van der Waals surface area contributed by atoms with Crippen LogP contribution in [0.1, 0.15) is 27.7 Å². The molecule has 0 aliphatic carbocycles. The second-order valence-corrected chi connectivity index (χ2v) is 3.56. The van der Waals surface area contributed by atoms with Crippen LogP contribution in [-0.2, 0) is 9.47 Å². The minimum absolute atomic E-state index is 0.146. The summed E-state index contributed by atoms with van der Waals surface area (Å²) in [5, 5.41) is -0.146. The van der Waals surface area contributed by atoms with E-state index >= 15 is 0 Å². The maximum atomic E-state index is 5.31. The molecule has 0 spiro atoms. The van der Waals surface area contributed by atoms with Gasteiger partial charge in [0.2, 0.25) is 0 Å². The Bertz CT molecular complexity index is 73.7. The first-order chi connectivity index (χ1) is 4.52. The summed E-state index contributed by atoms with van der Waals surface area (Å²) >= 11 is 2.36. The molecule has 0 saturated heterocycles. The van der Waals surface area contributed by atoms with Crippen LogP contribution in [0.4, 0.5) is 0 Å². The van der Waals surface area contributed by atoms with Crippen molar-refractivity contribution in [2.75, 3.05) is 0 Å². The predicted molar refractivity (Wildman–Crippen MR) is 42.0 cm³/mol. The van der Waals surface area contributed by atoms with Crippen LogP contribution in [0.5, 0.6) is 0 Å². The molecule has 0 aromatic carbocycles. The summed E-state index contributed by atoms with van der Waals surface area (Å²) in [4.78, 5) is 0. The van der Waals surface area contributed by atoms with Gasteiger partial charge in [0.05, 0.1) is 0 Å². The van der Waals surface area contributed by atoms with Gasteiger partial charge in [-0.1, -0.05) is 0 Å². The van der Waals surface area contributed by atoms with Crippen molar-refractivity contribution >= 4 is 16.9 Å². The van der Waals surface area contributed by atoms with Gasteiger partial charge in [-0.3, -0.25) is 0 Å². The molecule has 0 amide bonds. The molecule has 10 heavy (non-hydrogen) atoms. The van der Waals surface area contributed by atoms with Gasteiger partial charge in [0.25, 0.3) is 0 Å². The van der Waals surface area contributed by atoms with Gasteiger partial charge in [0.15, 0.2) is 0 Å². The van der Waals surface area contributed by atoms with Crippen molar-refractivity contribution in [3.05, 3.63) is 0 Å². The van der Waals surface area contributed by atoms with Crippen molar-refractivity contribution in [2.24, 2.45) is 0 Å². The molecule has 2 radical (unpaired) electrons. The Balaban J connectivity index is 3.34. The number of hydrogen-bond donors (Lipinski definition) is 0. The van der Waals surface area contributed by atoms with Crippen molar-refractivity contribution in [1.82, 2.24) is 0 Å². The zero-order chi connectivity index (χ0) is 8.15. The molecule has 0 saturated carbocycles. The molecule has 0 N–H and O–H groups in total. The van der Waals surface area contributed by atoms with Crippen LogP contribution < -0.4 is 0 Å². The van der Waals surface area contributed by atoms with Gasteiger partial charge in [0.1, 0.15) is 0 Å². The van der Waals surface area contributed by atoms with Crippen molar-refractivity contribution in [3.63, 3.8) is 0 Å². The van der Waals surface area contributed by atoms with E-state index in [4.69, 9.17) is 9.47 Å². The standard InChI is InChI=1S/C7H15AsO2/c1-5(2)9-7(8)10-6(3)4/h5-7H,1-4H3. The van der Waals surface area contributed by atoms with Crippen LogP contribution >= 0.6 is 0 Å². The fourth-order valence-electron chi connectivity index (χ4n) is 0.498. The van der Waals surface area contributed by atoms with Crippen LogP contribution in [-0.4, -0.2) is 34.1 Å². The van der Waals surface area contributed by atoms with Gasteiger partial charge in [-0.2, -0.15) is 0 Å². The molecular formula is C7H15AsO2. The van der Waals surface area contributed by atoms with Crippen LogP contribution in [0, 0.1) is 0 Å². The van der Waals surface area contributed by atoms with Gasteiger partial charge >= 0.3 is 71.3 Å². The minimum atomic E-state index is -0.146. The van der Waals surface area contributed by atoms with Gasteiger partial charge in [-0.15, -0.1) is 0 Å². The van der Waals surface area contributed by atoms with E-state index in [1.165, 1.54) is 0 Å². The van der Waals surface area contributed by atoms with Crippen LogP contribution in [0.2, 0.25) is 0 Å². The molecule has 0 bridgehead atoms. The zero-order valence-electron chi connectivity index (χ0n) is 7.00. The average Bonchev–Trinajstić information content (AvgIpc) is 1.58. The van der Waals surface area contributed by atoms with Gasteiger partial charge in [-0.05, 0) is 0 Å². The maximum absolute atomic E-state index is 5.31. The third-order valence-electron chi connectivity index (χ3n) is 0.777. The first kappa shape index (κ1) is 10.5. The van der Waals surface area contributed by atoms with Crippen molar-refractivity contribution in [2.45, 2.75) is 45.0 Å². The number of ether oxygens (including phenoxy) is 2. The molecule has 0 fully saturated rings. The summed E-state index contributed by atoms with van der Waals surface area (Å²) in [7, 11) is 0.